The van der Waals surface area contributed by atoms with Crippen LogP contribution in [0.3, 0.4) is 0 Å². The van der Waals surface area contributed by atoms with E-state index in [0.717, 1.165) is 6.42 Å². The summed E-state index contributed by atoms with van der Waals surface area (Å²) in [5.74, 6) is 0.0324. The largest absolute Gasteiger partial charge is 0.281 e. The van der Waals surface area contributed by atoms with E-state index in [1.807, 2.05) is 0 Å². The molecule has 0 aromatic carbocycles. The van der Waals surface area contributed by atoms with E-state index in [-0.39, 0.29) is 17.1 Å². The molecule has 0 bridgehead atoms. The summed E-state index contributed by atoms with van der Waals surface area (Å²) in [6.45, 7) is 0. The molecule has 2 unspecified atom stereocenters. The van der Waals surface area contributed by atoms with Crippen LogP contribution in [0.15, 0.2) is 0 Å². The lowest BCUT2D eigenvalue weighted by Crippen LogP contribution is -1.97. The maximum atomic E-state index is 10.4. The van der Waals surface area contributed by atoms with Crippen LogP contribution in [0.25, 0.3) is 0 Å². The molecule has 0 saturated heterocycles. The molecular weight excluding hydrogens is 182 g/mol. The van der Waals surface area contributed by atoms with Crippen LogP contribution in [0.1, 0.15) is 6.42 Å². The monoisotopic (exact) mass is 186 g/mol. The van der Waals surface area contributed by atoms with Gasteiger partial charge in [0.05, 0.1) is 0 Å². The molecule has 1 nitrogen and oxygen atoms in total. The van der Waals surface area contributed by atoms with Crippen LogP contribution in [0.4, 0.5) is 0 Å². The van der Waals surface area contributed by atoms with Crippen molar-refractivity contribution in [2.75, 3.05) is 0 Å². The lowest BCUT2D eigenvalue weighted by atomic mass is 10.4. The number of alkyl halides is 2. The van der Waals surface area contributed by atoms with Crippen LogP contribution in [0.2, 0.25) is 0 Å². The van der Waals surface area contributed by atoms with Gasteiger partial charge in [0, 0.05) is 11.8 Å². The molecule has 1 aliphatic rings. The van der Waals surface area contributed by atoms with E-state index in [4.69, 9.17) is 34.8 Å². The topological polar surface area (TPSA) is 17.1 Å². The third-order valence-electron chi connectivity index (χ3n) is 1.45. The average molecular weight is 187 g/mol. The minimum atomic E-state index is -0.433. The molecule has 0 heterocycles. The summed E-state index contributed by atoms with van der Waals surface area (Å²) in [7, 11) is 0. The first-order chi connectivity index (χ1) is 4.13. The number of hydrogen-bond donors (Lipinski definition) is 0. The Balaban J connectivity index is 2.33. The predicted octanol–water partition coefficient (Wildman–Crippen LogP) is 2.19. The van der Waals surface area contributed by atoms with Gasteiger partial charge in [0.2, 0.25) is 5.24 Å². The highest BCUT2D eigenvalue weighted by Crippen LogP contribution is 2.45. The zero-order chi connectivity index (χ0) is 7.02. The van der Waals surface area contributed by atoms with E-state index in [1.54, 1.807) is 0 Å². The van der Waals surface area contributed by atoms with Crippen LogP contribution >= 0.6 is 34.8 Å². The van der Waals surface area contributed by atoms with Gasteiger partial charge < -0.3 is 0 Å². The molecule has 0 aliphatic heterocycles. The molecule has 4 heteroatoms. The summed E-state index contributed by atoms with van der Waals surface area (Å²) in [5, 5.41) is -0.314. The van der Waals surface area contributed by atoms with Crippen LogP contribution in [-0.2, 0) is 4.79 Å². The molecule has 0 N–H and O–H groups in total. The molecule has 0 spiro atoms. The molecule has 0 aromatic heterocycles. The van der Waals surface area contributed by atoms with Crippen molar-refractivity contribution >= 4 is 40.0 Å². The second kappa shape index (κ2) is 2.65. The van der Waals surface area contributed by atoms with Crippen LogP contribution in [-0.4, -0.2) is 10.1 Å². The van der Waals surface area contributed by atoms with Crippen molar-refractivity contribution in [1.29, 1.82) is 0 Å². The molecule has 0 aromatic rings. The van der Waals surface area contributed by atoms with E-state index in [9.17, 15) is 4.79 Å². The Labute approximate surface area is 68.3 Å². The van der Waals surface area contributed by atoms with Gasteiger partial charge >= 0.3 is 0 Å². The summed E-state index contributed by atoms with van der Waals surface area (Å²) in [4.78, 5) is 9.94. The Morgan fingerprint density at radius 3 is 2.22 bits per heavy atom. The highest BCUT2D eigenvalue weighted by atomic mass is 35.5. The number of hydrogen-bond acceptors (Lipinski definition) is 1. The van der Waals surface area contributed by atoms with Crippen LogP contribution < -0.4 is 0 Å². The fraction of sp³-hybridized carbons (Fsp3) is 0.800. The van der Waals surface area contributed by atoms with Crippen molar-refractivity contribution in [3.63, 3.8) is 0 Å². The molecule has 1 rings (SSSR count). The third-order valence-corrected chi connectivity index (χ3v) is 2.38. The molecule has 52 valence electrons. The maximum Gasteiger partial charge on any atom is 0.225 e. The van der Waals surface area contributed by atoms with Crippen molar-refractivity contribution in [2.45, 2.75) is 11.3 Å². The zero-order valence-electron chi connectivity index (χ0n) is 4.48. The van der Waals surface area contributed by atoms with Crippen molar-refractivity contribution in [3.05, 3.63) is 0 Å². The fourth-order valence-electron chi connectivity index (χ4n) is 0.754. The summed E-state index contributed by atoms with van der Waals surface area (Å²) >= 11 is 16.1. The molecule has 0 amide bonds. The predicted molar refractivity (Wildman–Crippen MR) is 38.0 cm³/mol. The standard InChI is InChI=1S/C5H5Cl3O/c6-4(7)2-1-3(2)5(8)9/h2-4H,1H2. The Kier molecular flexibility index (Phi) is 2.25. The maximum absolute atomic E-state index is 10.4. The van der Waals surface area contributed by atoms with Crippen molar-refractivity contribution in [3.8, 4) is 0 Å². The molecule has 1 fully saturated rings. The van der Waals surface area contributed by atoms with Gasteiger partial charge in [-0.25, -0.2) is 0 Å². The zero-order valence-corrected chi connectivity index (χ0v) is 6.75. The lowest BCUT2D eigenvalue weighted by Gasteiger charge is -1.92. The Hall–Kier alpha value is 0.540. The number of carbonyl (C=O) groups is 1. The minimum Gasteiger partial charge on any atom is -0.281 e. The van der Waals surface area contributed by atoms with Crippen LogP contribution in [0.5, 0.6) is 0 Å². The third kappa shape index (κ3) is 1.73. The van der Waals surface area contributed by atoms with Crippen molar-refractivity contribution in [1.82, 2.24) is 0 Å². The van der Waals surface area contributed by atoms with E-state index in [2.05, 4.69) is 0 Å². The average Bonchev–Trinajstić information content (AvgIpc) is 2.39. The Morgan fingerprint density at radius 2 is 2.11 bits per heavy atom. The number of halogens is 3. The van der Waals surface area contributed by atoms with Crippen LogP contribution in [0, 0.1) is 11.8 Å². The molecule has 1 saturated carbocycles. The van der Waals surface area contributed by atoms with Gasteiger partial charge in [-0.1, -0.05) is 0 Å². The molecule has 1 aliphatic carbocycles. The summed E-state index contributed by atoms with van der Waals surface area (Å²) in [6, 6.07) is 0. The van der Waals surface area contributed by atoms with Gasteiger partial charge in [0.1, 0.15) is 4.84 Å². The first-order valence-electron chi connectivity index (χ1n) is 2.60. The smallest absolute Gasteiger partial charge is 0.225 e. The summed E-state index contributed by atoms with van der Waals surface area (Å²) in [6.07, 6.45) is 0.750. The van der Waals surface area contributed by atoms with E-state index in [0.29, 0.717) is 0 Å². The first-order valence-corrected chi connectivity index (χ1v) is 3.85. The number of carbonyl (C=O) groups excluding carboxylic acids is 1. The van der Waals surface area contributed by atoms with E-state index in [1.165, 1.54) is 0 Å². The second-order valence-electron chi connectivity index (χ2n) is 2.14. The first kappa shape index (κ1) is 7.64. The normalized spacial score (nSPS) is 32.9. The van der Waals surface area contributed by atoms with Gasteiger partial charge in [-0.05, 0) is 18.0 Å². The van der Waals surface area contributed by atoms with Gasteiger partial charge in [-0.3, -0.25) is 4.79 Å². The highest BCUT2D eigenvalue weighted by molar-refractivity contribution is 6.64. The second-order valence-corrected chi connectivity index (χ2v) is 3.68. The molecule has 2 atom stereocenters. The Bertz CT molecular complexity index is 134. The van der Waals surface area contributed by atoms with Gasteiger partial charge in [-0.15, -0.1) is 23.2 Å². The highest BCUT2D eigenvalue weighted by Gasteiger charge is 2.45. The fourth-order valence-corrected chi connectivity index (χ4v) is 1.56. The molecule has 0 radical (unpaired) electrons. The quantitative estimate of drug-likeness (QED) is 0.478. The Morgan fingerprint density at radius 1 is 1.56 bits per heavy atom. The lowest BCUT2D eigenvalue weighted by molar-refractivity contribution is -0.113. The van der Waals surface area contributed by atoms with Gasteiger partial charge in [-0.2, -0.15) is 0 Å². The van der Waals surface area contributed by atoms with E-state index < -0.39 is 4.84 Å². The summed E-state index contributed by atoms with van der Waals surface area (Å²) in [5.41, 5.74) is 0. The van der Waals surface area contributed by atoms with Gasteiger partial charge in [0.15, 0.2) is 0 Å². The SMILES string of the molecule is O=C(Cl)C1CC1C(Cl)Cl. The minimum absolute atomic E-state index is 0.0772. The molecule has 9 heavy (non-hydrogen) atoms. The van der Waals surface area contributed by atoms with Crippen molar-refractivity contribution < 1.29 is 4.79 Å². The van der Waals surface area contributed by atoms with Gasteiger partial charge in [0.25, 0.3) is 0 Å². The van der Waals surface area contributed by atoms with E-state index >= 15 is 0 Å². The summed E-state index contributed by atoms with van der Waals surface area (Å²) < 4.78 is 0. The molecular formula is C5H5Cl3O. The van der Waals surface area contributed by atoms with Crippen molar-refractivity contribution in [2.24, 2.45) is 11.8 Å². The number of rotatable bonds is 2.